The van der Waals surface area contributed by atoms with Crippen molar-refractivity contribution in [2.45, 2.75) is 6.92 Å². The molecule has 108 valence electrons. The zero-order valence-electron chi connectivity index (χ0n) is 12.2. The van der Waals surface area contributed by atoms with E-state index < -0.39 is 0 Å². The van der Waals surface area contributed by atoms with E-state index in [-0.39, 0.29) is 5.91 Å². The number of aromatic nitrogens is 3. The fourth-order valence-corrected chi connectivity index (χ4v) is 2.23. The molecule has 2 aromatic heterocycles. The Bertz CT molecular complexity index is 906. The van der Waals surface area contributed by atoms with Crippen molar-refractivity contribution in [3.05, 3.63) is 54.1 Å². The first-order valence-corrected chi connectivity index (χ1v) is 6.67. The number of fused-ring (bicyclic) bond motifs is 1. The summed E-state index contributed by atoms with van der Waals surface area (Å²) in [6, 6.07) is 9.44. The summed E-state index contributed by atoms with van der Waals surface area (Å²) in [5.74, 6) is -0.0357. The molecule has 0 aliphatic heterocycles. The first-order chi connectivity index (χ1) is 10.6. The van der Waals surface area contributed by atoms with Gasteiger partial charge in [0.1, 0.15) is 0 Å². The van der Waals surface area contributed by atoms with Gasteiger partial charge in [0.15, 0.2) is 5.65 Å². The number of nitrogens with zero attached hydrogens (tertiary/aromatic N) is 5. The third-order valence-corrected chi connectivity index (χ3v) is 3.50. The van der Waals surface area contributed by atoms with Crippen LogP contribution in [0.3, 0.4) is 0 Å². The Morgan fingerprint density at radius 1 is 1.36 bits per heavy atom. The number of hydrogen-bond acceptors (Lipinski definition) is 3. The van der Waals surface area contributed by atoms with Gasteiger partial charge in [0.2, 0.25) is 11.6 Å². The van der Waals surface area contributed by atoms with Crippen molar-refractivity contribution >= 4 is 22.9 Å². The Labute approximate surface area is 127 Å². The molecule has 1 aromatic carbocycles. The van der Waals surface area contributed by atoms with Crippen LogP contribution in [-0.2, 0) is 4.79 Å². The van der Waals surface area contributed by atoms with E-state index in [4.69, 9.17) is 6.57 Å². The highest BCUT2D eigenvalue weighted by Crippen LogP contribution is 2.27. The van der Waals surface area contributed by atoms with E-state index in [0.717, 1.165) is 16.9 Å². The molecule has 0 atom stereocenters. The molecule has 0 aliphatic carbocycles. The lowest BCUT2D eigenvalue weighted by atomic mass is 10.1. The van der Waals surface area contributed by atoms with E-state index in [1.54, 1.807) is 22.7 Å². The van der Waals surface area contributed by atoms with Crippen molar-refractivity contribution in [1.82, 2.24) is 14.6 Å². The number of rotatable bonds is 2. The normalized spacial score (nSPS) is 10.4. The quantitative estimate of drug-likeness (QED) is 0.682. The molecule has 0 spiro atoms. The molecular weight excluding hydrogens is 278 g/mol. The van der Waals surface area contributed by atoms with Gasteiger partial charge < -0.3 is 4.90 Å². The van der Waals surface area contributed by atoms with Gasteiger partial charge in [-0.3, -0.25) is 4.79 Å². The smallest absolute Gasteiger partial charge is 0.250 e. The van der Waals surface area contributed by atoms with Crippen LogP contribution in [0.25, 0.3) is 21.7 Å². The molecule has 2 heterocycles. The summed E-state index contributed by atoms with van der Waals surface area (Å²) in [6.45, 7) is 8.66. The number of carbonyl (C=O) groups excluding carboxylic acids is 1. The molecule has 22 heavy (non-hydrogen) atoms. The monoisotopic (exact) mass is 291 g/mol. The number of amides is 1. The van der Waals surface area contributed by atoms with Crippen LogP contribution in [0.15, 0.2) is 42.7 Å². The third kappa shape index (κ3) is 2.19. The van der Waals surface area contributed by atoms with Gasteiger partial charge in [0.25, 0.3) is 0 Å². The first kappa shape index (κ1) is 13.8. The molecule has 0 fully saturated rings. The second-order valence-corrected chi connectivity index (χ2v) is 4.84. The number of anilines is 1. The molecule has 1 amide bonds. The molecule has 0 bridgehead atoms. The van der Waals surface area contributed by atoms with Crippen LogP contribution in [0.1, 0.15) is 6.92 Å². The van der Waals surface area contributed by atoms with Crippen molar-refractivity contribution in [1.29, 1.82) is 0 Å². The summed E-state index contributed by atoms with van der Waals surface area (Å²) in [5, 5.41) is 4.24. The van der Waals surface area contributed by atoms with Gasteiger partial charge >= 0.3 is 0 Å². The highest BCUT2D eigenvalue weighted by Gasteiger charge is 2.11. The van der Waals surface area contributed by atoms with Crippen LogP contribution in [-0.4, -0.2) is 27.6 Å². The topological polar surface area (TPSA) is 54.9 Å². The maximum Gasteiger partial charge on any atom is 0.250 e. The van der Waals surface area contributed by atoms with E-state index in [0.29, 0.717) is 11.3 Å². The molecule has 6 nitrogen and oxygen atoms in total. The van der Waals surface area contributed by atoms with Crippen LogP contribution in [0, 0.1) is 6.57 Å². The van der Waals surface area contributed by atoms with E-state index in [1.807, 2.05) is 30.3 Å². The number of hydrogen-bond donors (Lipinski definition) is 0. The minimum Gasteiger partial charge on any atom is -0.316 e. The van der Waals surface area contributed by atoms with Gasteiger partial charge in [-0.2, -0.15) is 5.10 Å². The van der Waals surface area contributed by atoms with Gasteiger partial charge in [-0.05, 0) is 18.2 Å². The lowest BCUT2D eigenvalue weighted by Crippen LogP contribution is -2.22. The van der Waals surface area contributed by atoms with Crippen molar-refractivity contribution in [2.75, 3.05) is 11.9 Å². The zero-order valence-corrected chi connectivity index (χ0v) is 12.2. The number of benzene rings is 1. The van der Waals surface area contributed by atoms with Gasteiger partial charge in [-0.1, -0.05) is 12.1 Å². The van der Waals surface area contributed by atoms with E-state index in [1.165, 1.54) is 13.1 Å². The summed E-state index contributed by atoms with van der Waals surface area (Å²) in [7, 11) is 1.73. The first-order valence-electron chi connectivity index (χ1n) is 6.67. The molecule has 0 aliphatic rings. The largest absolute Gasteiger partial charge is 0.316 e. The molecule has 6 heteroatoms. The van der Waals surface area contributed by atoms with E-state index >= 15 is 0 Å². The SMILES string of the molecule is [C-]#[N+]c1cnn2c(-c3cccc(N(C)C(C)=O)c3)ccnc12. The maximum atomic E-state index is 11.5. The second-order valence-electron chi connectivity index (χ2n) is 4.84. The molecule has 0 saturated carbocycles. The van der Waals surface area contributed by atoms with Gasteiger partial charge in [-0.25, -0.2) is 14.3 Å². The fourth-order valence-electron chi connectivity index (χ4n) is 2.23. The molecule has 3 aromatic rings. The Hall–Kier alpha value is -3.20. The highest BCUT2D eigenvalue weighted by molar-refractivity contribution is 5.91. The van der Waals surface area contributed by atoms with Crippen molar-refractivity contribution in [2.24, 2.45) is 0 Å². The lowest BCUT2D eigenvalue weighted by molar-refractivity contribution is -0.116. The van der Waals surface area contributed by atoms with E-state index in [9.17, 15) is 4.79 Å². The van der Waals surface area contributed by atoms with Crippen LogP contribution in [0.4, 0.5) is 11.4 Å². The zero-order chi connectivity index (χ0) is 15.7. The van der Waals surface area contributed by atoms with Crippen molar-refractivity contribution < 1.29 is 4.79 Å². The molecule has 0 N–H and O–H groups in total. The average Bonchev–Trinajstić information content (AvgIpc) is 2.97. The summed E-state index contributed by atoms with van der Waals surface area (Å²) in [4.78, 5) is 20.7. The van der Waals surface area contributed by atoms with Crippen LogP contribution < -0.4 is 4.90 Å². The van der Waals surface area contributed by atoms with Gasteiger partial charge in [-0.15, -0.1) is 0 Å². The number of carbonyl (C=O) groups is 1. The maximum absolute atomic E-state index is 11.5. The van der Waals surface area contributed by atoms with Crippen LogP contribution in [0.2, 0.25) is 0 Å². The van der Waals surface area contributed by atoms with Crippen molar-refractivity contribution in [3.8, 4) is 11.3 Å². The third-order valence-electron chi connectivity index (χ3n) is 3.50. The molecule has 0 saturated heterocycles. The summed E-state index contributed by atoms with van der Waals surface area (Å²) in [5.41, 5.74) is 3.46. The highest BCUT2D eigenvalue weighted by atomic mass is 16.2. The minimum absolute atomic E-state index is 0.0357. The summed E-state index contributed by atoms with van der Waals surface area (Å²) >= 11 is 0. The van der Waals surface area contributed by atoms with E-state index in [2.05, 4.69) is 14.9 Å². The Balaban J connectivity index is 2.16. The Kier molecular flexibility index (Phi) is 3.31. The molecule has 0 radical (unpaired) electrons. The van der Waals surface area contributed by atoms with Crippen molar-refractivity contribution in [3.63, 3.8) is 0 Å². The average molecular weight is 291 g/mol. The Morgan fingerprint density at radius 2 is 2.18 bits per heavy atom. The molecule has 0 unspecified atom stereocenters. The fraction of sp³-hybridized carbons (Fsp3) is 0.125. The molecular formula is C16H13N5O. The minimum atomic E-state index is -0.0357. The Morgan fingerprint density at radius 3 is 2.91 bits per heavy atom. The second kappa shape index (κ2) is 5.30. The van der Waals surface area contributed by atoms with Gasteiger partial charge in [0, 0.05) is 31.4 Å². The lowest BCUT2D eigenvalue weighted by Gasteiger charge is -2.16. The molecule has 3 rings (SSSR count). The summed E-state index contributed by atoms with van der Waals surface area (Å²) < 4.78 is 1.64. The predicted molar refractivity (Wildman–Crippen MR) is 83.8 cm³/mol. The van der Waals surface area contributed by atoms with Gasteiger partial charge in [0.05, 0.1) is 18.5 Å². The van der Waals surface area contributed by atoms with Crippen LogP contribution in [0.5, 0.6) is 0 Å². The summed E-state index contributed by atoms with van der Waals surface area (Å²) in [6.07, 6.45) is 3.16. The standard InChI is InChI=1S/C16H13N5O/c1-11(22)20(3)13-6-4-5-12(9-13)15-7-8-18-16-14(17-2)10-19-21(15)16/h4-10H,1,3H3. The van der Waals surface area contributed by atoms with Crippen LogP contribution >= 0.6 is 0 Å². The predicted octanol–water partition coefficient (Wildman–Crippen LogP) is 2.93.